The number of hydrogen-bond donors (Lipinski definition) is 2. The van der Waals surface area contributed by atoms with Gasteiger partial charge in [-0.15, -0.1) is 0 Å². The molecule has 100 valence electrons. The molecule has 0 heterocycles. The van der Waals surface area contributed by atoms with Crippen molar-refractivity contribution in [2.75, 3.05) is 7.11 Å². The Balaban J connectivity index is 4.72. The molecule has 0 bridgehead atoms. The first kappa shape index (κ1) is 15.9. The van der Waals surface area contributed by atoms with Gasteiger partial charge in [0, 0.05) is 6.04 Å². The van der Waals surface area contributed by atoms with Crippen molar-refractivity contribution in [1.82, 2.24) is 4.72 Å². The first-order chi connectivity index (χ1) is 7.74. The molecule has 0 aromatic carbocycles. The fraction of sp³-hybridized carbons (Fsp3) is 0.778. The van der Waals surface area contributed by atoms with Crippen molar-refractivity contribution in [2.24, 2.45) is 0 Å². The highest BCUT2D eigenvalue weighted by Crippen LogP contribution is 2.06. The third-order valence-corrected chi connectivity index (χ3v) is 4.03. The summed E-state index contributed by atoms with van der Waals surface area (Å²) in [5.74, 6) is -1.99. The number of nitrogens with one attached hydrogen (secondary N) is 1. The van der Waals surface area contributed by atoms with Crippen LogP contribution in [0.1, 0.15) is 26.7 Å². The Hall–Kier alpha value is -1.15. The zero-order valence-corrected chi connectivity index (χ0v) is 10.8. The van der Waals surface area contributed by atoms with E-state index in [9.17, 15) is 18.0 Å². The van der Waals surface area contributed by atoms with Crippen LogP contribution in [0.15, 0.2) is 0 Å². The molecular weight excluding hydrogens is 250 g/mol. The monoisotopic (exact) mass is 267 g/mol. The van der Waals surface area contributed by atoms with Crippen LogP contribution in [0.2, 0.25) is 0 Å². The average Bonchev–Trinajstić information content (AvgIpc) is 2.24. The summed E-state index contributed by atoms with van der Waals surface area (Å²) in [5.41, 5.74) is 0. The molecule has 7 nitrogen and oxygen atoms in total. The number of hydrogen-bond acceptors (Lipinski definition) is 5. The highest BCUT2D eigenvalue weighted by atomic mass is 32.2. The molecule has 0 aliphatic carbocycles. The Labute approximate surface area is 100 Å². The maximum absolute atomic E-state index is 11.7. The van der Waals surface area contributed by atoms with Gasteiger partial charge in [-0.05, 0) is 13.3 Å². The van der Waals surface area contributed by atoms with E-state index in [2.05, 4.69) is 9.46 Å². The Morgan fingerprint density at radius 3 is 2.29 bits per heavy atom. The van der Waals surface area contributed by atoms with Crippen molar-refractivity contribution in [2.45, 2.75) is 38.0 Å². The molecule has 0 radical (unpaired) electrons. The molecule has 8 heteroatoms. The van der Waals surface area contributed by atoms with E-state index in [4.69, 9.17) is 5.11 Å². The first-order valence-electron chi connectivity index (χ1n) is 5.05. The molecule has 0 saturated carbocycles. The summed E-state index contributed by atoms with van der Waals surface area (Å²) < 4.78 is 29.9. The van der Waals surface area contributed by atoms with Crippen molar-refractivity contribution in [3.05, 3.63) is 0 Å². The van der Waals surface area contributed by atoms with E-state index in [-0.39, 0.29) is 6.42 Å². The van der Waals surface area contributed by atoms with Gasteiger partial charge >= 0.3 is 11.9 Å². The minimum Gasteiger partial charge on any atom is -0.481 e. The van der Waals surface area contributed by atoms with Crippen LogP contribution in [0.3, 0.4) is 0 Å². The van der Waals surface area contributed by atoms with Crippen LogP contribution in [-0.2, 0) is 24.3 Å². The Bertz CT molecular complexity index is 377. The number of carbonyl (C=O) groups excluding carboxylic acids is 1. The van der Waals surface area contributed by atoms with Crippen molar-refractivity contribution in [3.63, 3.8) is 0 Å². The smallest absolute Gasteiger partial charge is 0.325 e. The normalized spacial score (nSPS) is 15.0. The molecule has 0 amide bonds. The van der Waals surface area contributed by atoms with E-state index in [1.54, 1.807) is 6.92 Å². The Morgan fingerprint density at radius 2 is 1.94 bits per heavy atom. The van der Waals surface area contributed by atoms with Crippen LogP contribution in [0, 0.1) is 0 Å². The zero-order chi connectivity index (χ0) is 13.6. The second-order valence-corrected chi connectivity index (χ2v) is 5.56. The molecule has 0 aliphatic heterocycles. The number of rotatable bonds is 7. The Kier molecular flexibility index (Phi) is 6.11. The summed E-state index contributed by atoms with van der Waals surface area (Å²) in [4.78, 5) is 21.6. The summed E-state index contributed by atoms with van der Waals surface area (Å²) >= 11 is 0. The van der Waals surface area contributed by atoms with Crippen LogP contribution < -0.4 is 4.72 Å². The van der Waals surface area contributed by atoms with Crippen LogP contribution >= 0.6 is 0 Å². The lowest BCUT2D eigenvalue weighted by molar-refractivity contribution is -0.140. The van der Waals surface area contributed by atoms with Gasteiger partial charge in [0.1, 0.15) is 0 Å². The van der Waals surface area contributed by atoms with Crippen LogP contribution in [0.25, 0.3) is 0 Å². The largest absolute Gasteiger partial charge is 0.481 e. The SMILES string of the molecule is CCC(CC(=O)O)NS(=O)(=O)C(C)C(=O)OC. The average molecular weight is 267 g/mol. The summed E-state index contributed by atoms with van der Waals surface area (Å²) in [6, 6.07) is -0.732. The molecule has 0 rings (SSSR count). The van der Waals surface area contributed by atoms with Crippen LogP contribution in [0.4, 0.5) is 0 Å². The molecule has 0 aromatic heterocycles. The maximum Gasteiger partial charge on any atom is 0.325 e. The first-order valence-corrected chi connectivity index (χ1v) is 6.60. The summed E-state index contributed by atoms with van der Waals surface area (Å²) in [5, 5.41) is 7.21. The highest BCUT2D eigenvalue weighted by molar-refractivity contribution is 7.90. The number of aliphatic carboxylic acids is 1. The third-order valence-electron chi connectivity index (χ3n) is 2.24. The molecule has 2 unspecified atom stereocenters. The van der Waals surface area contributed by atoms with Crippen molar-refractivity contribution < 1.29 is 27.9 Å². The van der Waals surface area contributed by atoms with Gasteiger partial charge in [-0.1, -0.05) is 6.92 Å². The van der Waals surface area contributed by atoms with E-state index in [1.165, 1.54) is 6.92 Å². The van der Waals surface area contributed by atoms with Crippen LogP contribution in [0.5, 0.6) is 0 Å². The maximum atomic E-state index is 11.7. The van der Waals surface area contributed by atoms with Crippen LogP contribution in [-0.4, -0.2) is 43.9 Å². The van der Waals surface area contributed by atoms with Crippen molar-refractivity contribution >= 4 is 22.0 Å². The summed E-state index contributed by atoms with van der Waals surface area (Å²) in [6.45, 7) is 2.83. The molecule has 2 N–H and O–H groups in total. The van der Waals surface area contributed by atoms with Gasteiger partial charge in [0.2, 0.25) is 10.0 Å². The fourth-order valence-electron chi connectivity index (χ4n) is 1.11. The molecular formula is C9H17NO6S. The number of sulfonamides is 1. The number of carboxylic acid groups (broad SMARTS) is 1. The van der Waals surface area contributed by atoms with Gasteiger partial charge in [0.15, 0.2) is 5.25 Å². The zero-order valence-electron chi connectivity index (χ0n) is 9.97. The van der Waals surface area contributed by atoms with E-state index >= 15 is 0 Å². The molecule has 0 aliphatic rings. The molecule has 0 saturated heterocycles. The van der Waals surface area contributed by atoms with Gasteiger partial charge < -0.3 is 9.84 Å². The van der Waals surface area contributed by atoms with Gasteiger partial charge in [-0.25, -0.2) is 13.1 Å². The van der Waals surface area contributed by atoms with Crippen molar-refractivity contribution in [1.29, 1.82) is 0 Å². The van der Waals surface area contributed by atoms with E-state index in [1.807, 2.05) is 0 Å². The summed E-state index contributed by atoms with van der Waals surface area (Å²) in [6.07, 6.45) is -0.0109. The Morgan fingerprint density at radius 1 is 1.41 bits per heavy atom. The number of carbonyl (C=O) groups is 2. The lowest BCUT2D eigenvalue weighted by Gasteiger charge is -2.17. The second-order valence-electron chi connectivity index (χ2n) is 3.53. The van der Waals surface area contributed by atoms with E-state index < -0.39 is 33.3 Å². The molecule has 0 aromatic rings. The fourth-order valence-corrected chi connectivity index (χ4v) is 2.38. The predicted molar refractivity (Wildman–Crippen MR) is 59.9 cm³/mol. The summed E-state index contributed by atoms with van der Waals surface area (Å²) in [7, 11) is -2.83. The number of methoxy groups -OCH3 is 1. The minimum absolute atomic E-state index is 0.319. The highest BCUT2D eigenvalue weighted by Gasteiger charge is 2.31. The lowest BCUT2D eigenvalue weighted by atomic mass is 10.2. The molecule has 0 spiro atoms. The minimum atomic E-state index is -3.92. The van der Waals surface area contributed by atoms with Gasteiger partial charge in [-0.3, -0.25) is 9.59 Å². The predicted octanol–water partition coefficient (Wildman–Crippen LogP) is -0.279. The third kappa shape index (κ3) is 5.14. The molecule has 0 fully saturated rings. The lowest BCUT2D eigenvalue weighted by Crippen LogP contribution is -2.43. The number of carboxylic acids is 1. The second kappa shape index (κ2) is 6.55. The van der Waals surface area contributed by atoms with Gasteiger partial charge in [0.25, 0.3) is 0 Å². The van der Waals surface area contributed by atoms with Gasteiger partial charge in [0.05, 0.1) is 13.5 Å². The standard InChI is InChI=1S/C9H17NO6S/c1-4-7(5-8(11)12)10-17(14,15)6(2)9(13)16-3/h6-7,10H,4-5H2,1-3H3,(H,11,12). The van der Waals surface area contributed by atoms with Crippen molar-refractivity contribution in [3.8, 4) is 0 Å². The molecule has 2 atom stereocenters. The molecule has 17 heavy (non-hydrogen) atoms. The topological polar surface area (TPSA) is 110 Å². The number of esters is 1. The number of ether oxygens (including phenoxy) is 1. The quantitative estimate of drug-likeness (QED) is 0.614. The van der Waals surface area contributed by atoms with E-state index in [0.717, 1.165) is 7.11 Å². The van der Waals surface area contributed by atoms with Gasteiger partial charge in [-0.2, -0.15) is 0 Å². The van der Waals surface area contributed by atoms with E-state index in [0.29, 0.717) is 6.42 Å².